The van der Waals surface area contributed by atoms with Crippen LogP contribution in [0.5, 0.6) is 0 Å². The molecule has 0 spiro atoms. The first-order valence-electron chi connectivity index (χ1n) is 14.0. The van der Waals surface area contributed by atoms with Gasteiger partial charge in [0.05, 0.1) is 28.5 Å². The highest BCUT2D eigenvalue weighted by Crippen LogP contribution is 2.37. The monoisotopic (exact) mass is 730 g/mol. The summed E-state index contributed by atoms with van der Waals surface area (Å²) < 4.78 is 17.4. The molecule has 6 heterocycles. The molecule has 2 saturated heterocycles. The van der Waals surface area contributed by atoms with Crippen molar-refractivity contribution in [3.63, 3.8) is 0 Å². The van der Waals surface area contributed by atoms with Gasteiger partial charge in [0, 0.05) is 12.4 Å². The zero-order valence-electron chi connectivity index (χ0n) is 25.1. The van der Waals surface area contributed by atoms with E-state index in [1.807, 2.05) is 0 Å². The van der Waals surface area contributed by atoms with Gasteiger partial charge in [0.15, 0.2) is 23.8 Å². The van der Waals surface area contributed by atoms with Gasteiger partial charge in [-0.05, 0) is 0 Å². The van der Waals surface area contributed by atoms with Crippen molar-refractivity contribution in [1.29, 1.82) is 0 Å². The van der Waals surface area contributed by atoms with Crippen molar-refractivity contribution < 1.29 is 64.2 Å². The number of ether oxygens (including phenoxy) is 2. The Kier molecular flexibility index (Phi) is 10.5. The molecule has 50 heavy (non-hydrogen) atoms. The van der Waals surface area contributed by atoms with E-state index in [9.17, 15) is 39.6 Å². The van der Waals surface area contributed by atoms with E-state index in [-0.39, 0.29) is 45.1 Å². The van der Waals surface area contributed by atoms with Gasteiger partial charge in [-0.1, -0.05) is 0 Å². The summed E-state index contributed by atoms with van der Waals surface area (Å²) in [6, 6.07) is 0. The Balaban J connectivity index is 0.000000197. The first-order chi connectivity index (χ1) is 23.6. The lowest BCUT2D eigenvalue weighted by Gasteiger charge is -2.17. The molecule has 4 aromatic heterocycles. The number of aliphatic hydroxyl groups is 6. The third kappa shape index (κ3) is 6.63. The van der Waals surface area contributed by atoms with Crippen LogP contribution in [-0.2, 0) is 19.0 Å². The van der Waals surface area contributed by atoms with Gasteiger partial charge in [-0.3, -0.25) is 29.1 Å². The fourth-order valence-electron chi connectivity index (χ4n) is 5.27. The molecular formula is C24H31N10O15P. The molecule has 0 bridgehead atoms. The number of nitrogens with one attached hydrogen (secondary N) is 2. The van der Waals surface area contributed by atoms with Crippen molar-refractivity contribution in [1.82, 2.24) is 29.1 Å². The van der Waals surface area contributed by atoms with E-state index in [2.05, 4.69) is 29.5 Å². The second-order valence-electron chi connectivity index (χ2n) is 10.7. The van der Waals surface area contributed by atoms with Gasteiger partial charge in [0.1, 0.15) is 36.9 Å². The molecule has 3 unspecified atom stereocenters. The van der Waals surface area contributed by atoms with Gasteiger partial charge in [0.25, 0.3) is 22.9 Å². The Morgan fingerprint density at radius 3 is 1.70 bits per heavy atom. The summed E-state index contributed by atoms with van der Waals surface area (Å²) in [4.78, 5) is 73.5. The van der Waals surface area contributed by atoms with Crippen LogP contribution in [0.2, 0.25) is 0 Å². The number of carbonyl (C=O) groups excluding carboxylic acids is 2. The molecule has 0 aromatic carbocycles. The predicted octanol–water partition coefficient (Wildman–Crippen LogP) is -5.80. The highest BCUT2D eigenvalue weighted by molar-refractivity contribution is 7.45. The molecule has 25 nitrogen and oxygen atoms in total. The average Bonchev–Trinajstić information content (AvgIpc) is 3.78. The summed E-state index contributed by atoms with van der Waals surface area (Å²) in [6.07, 6.45) is -9.53. The number of H-pyrrole nitrogens is 2. The summed E-state index contributed by atoms with van der Waals surface area (Å²) >= 11 is 0. The molecule has 0 saturated carbocycles. The van der Waals surface area contributed by atoms with E-state index in [0.29, 0.717) is 0 Å². The van der Waals surface area contributed by atoms with E-state index >= 15 is 0 Å². The summed E-state index contributed by atoms with van der Waals surface area (Å²) in [5.74, 6) is -2.28. The lowest BCUT2D eigenvalue weighted by Crippen LogP contribution is -2.33. The maximum absolute atomic E-state index is 12.1. The van der Waals surface area contributed by atoms with Gasteiger partial charge >= 0.3 is 0 Å². The molecule has 9 atom stereocenters. The standard InChI is InChI=1S/C12H16N5O9P.C12H15N5O6/c13-7(21)3-1-17(8-4(3)9(22)16-12(14)15-8)10-5(19)6(20)11(24-10)25-26-27(23)2-18;13-8(21)3-1-17(9-5(3)10(22)16-12(14)15-9)11-7(20)6(19)4(2-18)23-11/h1,5-6,10-11,18-20,23H,2H2,(H2,13,21)(H3,14,15,16,22);1,4,6-7,11,18-20H,2H2,(H2,13,21)(H3,14,15,16,22)/t5?,6-,10-,11-,27?;4-,6+,7?,11-/m11/s1. The topological polar surface area (TPSA) is 418 Å². The molecule has 0 aliphatic carbocycles. The highest BCUT2D eigenvalue weighted by Gasteiger charge is 2.47. The molecular weight excluding hydrogens is 699 g/mol. The van der Waals surface area contributed by atoms with Gasteiger partial charge in [-0.15, -0.1) is 0 Å². The minimum absolute atomic E-state index is 0.0325. The summed E-state index contributed by atoms with van der Waals surface area (Å²) in [7, 11) is -2.32. The summed E-state index contributed by atoms with van der Waals surface area (Å²) in [6.45, 7) is -0.521. The molecule has 17 N–H and O–H groups in total. The maximum atomic E-state index is 12.1. The number of nitrogens with zero attached hydrogens (tertiary/aromatic N) is 4. The third-order valence-corrected chi connectivity index (χ3v) is 8.04. The van der Waals surface area contributed by atoms with Crippen molar-refractivity contribution in [2.24, 2.45) is 11.5 Å². The molecule has 272 valence electrons. The van der Waals surface area contributed by atoms with Crippen molar-refractivity contribution in [2.75, 3.05) is 24.4 Å². The summed E-state index contributed by atoms with van der Waals surface area (Å²) in [5, 5.41) is 57.8. The van der Waals surface area contributed by atoms with Crippen molar-refractivity contribution in [3.8, 4) is 0 Å². The van der Waals surface area contributed by atoms with Crippen LogP contribution < -0.4 is 34.1 Å². The van der Waals surface area contributed by atoms with Crippen LogP contribution in [0.3, 0.4) is 0 Å². The van der Waals surface area contributed by atoms with Gasteiger partial charge in [0.2, 0.25) is 26.6 Å². The number of anilines is 2. The van der Waals surface area contributed by atoms with Crippen LogP contribution in [0.4, 0.5) is 11.9 Å². The lowest BCUT2D eigenvalue weighted by atomic mass is 10.1. The number of fused-ring (bicyclic) bond motifs is 2. The number of carbonyl (C=O) groups is 2. The van der Waals surface area contributed by atoms with Crippen molar-refractivity contribution in [3.05, 3.63) is 44.2 Å². The van der Waals surface area contributed by atoms with Crippen LogP contribution >= 0.6 is 8.38 Å². The smallest absolute Gasteiger partial charge is 0.262 e. The Hall–Kier alpha value is -4.63. The van der Waals surface area contributed by atoms with Crippen LogP contribution in [0, 0.1) is 0 Å². The second kappa shape index (κ2) is 14.3. The van der Waals surface area contributed by atoms with E-state index in [1.54, 1.807) is 0 Å². The molecule has 2 aliphatic rings. The Morgan fingerprint density at radius 2 is 1.28 bits per heavy atom. The molecule has 4 aromatic rings. The predicted molar refractivity (Wildman–Crippen MR) is 164 cm³/mol. The van der Waals surface area contributed by atoms with E-state index in [0.717, 1.165) is 10.8 Å². The lowest BCUT2D eigenvalue weighted by molar-refractivity contribution is -0.332. The van der Waals surface area contributed by atoms with Gasteiger partial charge in [-0.25, -0.2) is 0 Å². The SMILES string of the molecule is NC(=O)c1cn([C@@H]2O[C@H](CO)[C@H](O)C2O)c2nc(N)[nH]c(=O)c12.NC(=O)c1cn([C@@H]2O[C@H](OOP(O)CO)[C@H](O)C2O)c2nc(N)[nH]c(=O)c12. The Labute approximate surface area is 277 Å². The fourth-order valence-corrected chi connectivity index (χ4v) is 5.50. The molecule has 26 heteroatoms. The quantitative estimate of drug-likeness (QED) is 0.0433. The van der Waals surface area contributed by atoms with Crippen LogP contribution in [-0.4, -0.2) is 126 Å². The Bertz CT molecular complexity index is 2030. The number of aliphatic hydroxyl groups excluding tert-OH is 6. The number of nitrogens with two attached hydrogens (primary N) is 4. The van der Waals surface area contributed by atoms with Crippen LogP contribution in [0.25, 0.3) is 22.1 Å². The number of primary amides is 2. The van der Waals surface area contributed by atoms with E-state index < -0.39 is 93.5 Å². The number of hydrogen-bond donors (Lipinski definition) is 13. The normalized spacial score (nSPS) is 27.0. The van der Waals surface area contributed by atoms with Crippen LogP contribution in [0.1, 0.15) is 33.2 Å². The molecule has 2 aliphatic heterocycles. The minimum Gasteiger partial charge on any atom is -0.394 e. The molecule has 2 amide bonds. The number of hydrogen-bond acceptors (Lipinski definition) is 19. The van der Waals surface area contributed by atoms with Gasteiger partial charge < -0.3 is 77.1 Å². The second-order valence-corrected chi connectivity index (χ2v) is 11.8. The zero-order valence-corrected chi connectivity index (χ0v) is 26.0. The third-order valence-electron chi connectivity index (χ3n) is 7.54. The summed E-state index contributed by atoms with van der Waals surface area (Å²) in [5.41, 5.74) is 19.7. The van der Waals surface area contributed by atoms with Crippen LogP contribution in [0.15, 0.2) is 22.0 Å². The first kappa shape index (κ1) is 36.6. The van der Waals surface area contributed by atoms with E-state index in [4.69, 9.17) is 47.5 Å². The Morgan fingerprint density at radius 1 is 0.820 bits per heavy atom. The van der Waals surface area contributed by atoms with Crippen molar-refractivity contribution in [2.45, 2.75) is 49.3 Å². The maximum Gasteiger partial charge on any atom is 0.262 e. The number of nitrogen functional groups attached to an aromatic ring is 2. The molecule has 6 rings (SSSR count). The number of amides is 2. The van der Waals surface area contributed by atoms with Gasteiger partial charge in [-0.2, -0.15) is 19.5 Å². The number of aromatic amines is 2. The minimum atomic E-state index is -2.32. The molecule has 0 radical (unpaired) electrons. The number of rotatable bonds is 9. The average molecular weight is 731 g/mol. The highest BCUT2D eigenvalue weighted by atomic mass is 31.2. The fraction of sp³-hybridized carbons (Fsp3) is 0.417. The van der Waals surface area contributed by atoms with E-state index in [1.165, 1.54) is 10.8 Å². The molecule has 2 fully saturated rings. The zero-order chi connectivity index (χ0) is 36.8. The number of aromatic nitrogens is 6. The first-order valence-corrected chi connectivity index (χ1v) is 15.4. The largest absolute Gasteiger partial charge is 0.394 e. The van der Waals surface area contributed by atoms with Crippen molar-refractivity contribution >= 4 is 54.2 Å².